The summed E-state index contributed by atoms with van der Waals surface area (Å²) in [5, 5.41) is 3.73. The third-order valence-electron chi connectivity index (χ3n) is 4.30. The standard InChI is InChI=1S/C19H20ClNO3S/c1-19(10-13-8-14(20)5-7-17(13)25-19)18(22)21-11-12-4-6-15(23-2)9-16(12)24-3/h4-9H,10-11H2,1-3H3,(H,21,22). The van der Waals surface area contributed by atoms with Crippen molar-refractivity contribution in [3.05, 3.63) is 52.5 Å². The molecule has 1 aliphatic rings. The molecule has 1 N–H and O–H groups in total. The lowest BCUT2D eigenvalue weighted by Crippen LogP contribution is -2.41. The van der Waals surface area contributed by atoms with Gasteiger partial charge in [0.05, 0.1) is 14.2 Å². The summed E-state index contributed by atoms with van der Waals surface area (Å²) in [7, 11) is 3.22. The van der Waals surface area contributed by atoms with E-state index in [4.69, 9.17) is 21.1 Å². The summed E-state index contributed by atoms with van der Waals surface area (Å²) in [6, 6.07) is 11.3. The number of hydrogen-bond donors (Lipinski definition) is 1. The van der Waals surface area contributed by atoms with Crippen molar-refractivity contribution in [1.82, 2.24) is 5.32 Å². The smallest absolute Gasteiger partial charge is 0.236 e. The largest absolute Gasteiger partial charge is 0.497 e. The highest BCUT2D eigenvalue weighted by atomic mass is 35.5. The maximum absolute atomic E-state index is 12.8. The molecule has 0 aromatic heterocycles. The number of benzene rings is 2. The SMILES string of the molecule is COc1ccc(CNC(=O)C2(C)Cc3cc(Cl)ccc3S2)c(OC)c1. The highest BCUT2D eigenvalue weighted by Crippen LogP contribution is 2.45. The van der Waals surface area contributed by atoms with Gasteiger partial charge >= 0.3 is 0 Å². The molecule has 132 valence electrons. The number of amides is 1. The van der Waals surface area contributed by atoms with Crippen LogP contribution in [0.2, 0.25) is 5.02 Å². The minimum Gasteiger partial charge on any atom is -0.497 e. The lowest BCUT2D eigenvalue weighted by molar-refractivity contribution is -0.123. The summed E-state index contributed by atoms with van der Waals surface area (Å²) in [4.78, 5) is 13.9. The van der Waals surface area contributed by atoms with E-state index in [-0.39, 0.29) is 5.91 Å². The number of rotatable bonds is 5. The topological polar surface area (TPSA) is 47.6 Å². The Morgan fingerprint density at radius 1 is 1.24 bits per heavy atom. The Morgan fingerprint density at radius 3 is 2.76 bits per heavy atom. The van der Waals surface area contributed by atoms with Crippen LogP contribution in [-0.4, -0.2) is 24.9 Å². The molecule has 2 aromatic carbocycles. The van der Waals surface area contributed by atoms with Crippen LogP contribution in [0, 0.1) is 0 Å². The molecule has 2 aromatic rings. The van der Waals surface area contributed by atoms with E-state index in [1.54, 1.807) is 26.0 Å². The molecule has 4 nitrogen and oxygen atoms in total. The van der Waals surface area contributed by atoms with Crippen LogP contribution in [0.1, 0.15) is 18.1 Å². The van der Waals surface area contributed by atoms with E-state index in [1.165, 1.54) is 0 Å². The first kappa shape index (κ1) is 18.0. The predicted octanol–water partition coefficient (Wildman–Crippen LogP) is 4.08. The summed E-state index contributed by atoms with van der Waals surface area (Å²) in [6.07, 6.45) is 0.666. The number of carbonyl (C=O) groups excluding carboxylic acids is 1. The molecule has 0 bridgehead atoms. The molecule has 6 heteroatoms. The molecule has 0 fully saturated rings. The van der Waals surface area contributed by atoms with Crippen molar-refractivity contribution in [1.29, 1.82) is 0 Å². The molecular formula is C19H20ClNO3S. The number of nitrogens with one attached hydrogen (secondary N) is 1. The minimum absolute atomic E-state index is 0.00249. The van der Waals surface area contributed by atoms with Crippen LogP contribution in [0.4, 0.5) is 0 Å². The Bertz CT molecular complexity index is 811. The maximum Gasteiger partial charge on any atom is 0.236 e. The zero-order valence-electron chi connectivity index (χ0n) is 14.4. The summed E-state index contributed by atoms with van der Waals surface area (Å²) in [5.74, 6) is 1.42. The summed E-state index contributed by atoms with van der Waals surface area (Å²) >= 11 is 7.65. The number of fused-ring (bicyclic) bond motifs is 1. The van der Waals surface area contributed by atoms with Crippen LogP contribution in [-0.2, 0) is 17.8 Å². The van der Waals surface area contributed by atoms with Crippen molar-refractivity contribution < 1.29 is 14.3 Å². The van der Waals surface area contributed by atoms with Gasteiger partial charge in [-0.15, -0.1) is 11.8 Å². The molecule has 25 heavy (non-hydrogen) atoms. The van der Waals surface area contributed by atoms with E-state index in [9.17, 15) is 4.79 Å². The Balaban J connectivity index is 1.69. The fourth-order valence-electron chi connectivity index (χ4n) is 2.91. The highest BCUT2D eigenvalue weighted by Gasteiger charge is 2.40. The molecule has 0 saturated carbocycles. The summed E-state index contributed by atoms with van der Waals surface area (Å²) in [5.41, 5.74) is 2.03. The fraction of sp³-hybridized carbons (Fsp3) is 0.316. The quantitative estimate of drug-likeness (QED) is 0.852. The van der Waals surface area contributed by atoms with Crippen molar-refractivity contribution in [2.24, 2.45) is 0 Å². The third kappa shape index (κ3) is 3.72. The molecule has 1 heterocycles. The second-order valence-corrected chi connectivity index (χ2v) is 8.10. The number of halogens is 1. The molecular weight excluding hydrogens is 358 g/mol. The third-order valence-corrected chi connectivity index (χ3v) is 5.93. The van der Waals surface area contributed by atoms with Gasteiger partial charge in [0.2, 0.25) is 5.91 Å². The second-order valence-electron chi connectivity index (χ2n) is 6.12. The Labute approximate surface area is 156 Å². The average Bonchev–Trinajstić information content (AvgIpc) is 2.96. The van der Waals surface area contributed by atoms with Gasteiger partial charge in [-0.05, 0) is 49.2 Å². The molecule has 1 atom stereocenters. The summed E-state index contributed by atoms with van der Waals surface area (Å²) < 4.78 is 10.0. The van der Waals surface area contributed by atoms with E-state index in [1.807, 2.05) is 43.3 Å². The van der Waals surface area contributed by atoms with Crippen LogP contribution in [0.5, 0.6) is 11.5 Å². The van der Waals surface area contributed by atoms with Gasteiger partial charge in [0.1, 0.15) is 16.2 Å². The zero-order valence-corrected chi connectivity index (χ0v) is 16.0. The molecule has 1 unspecified atom stereocenters. The van der Waals surface area contributed by atoms with Gasteiger partial charge in [-0.25, -0.2) is 0 Å². The second kappa shape index (κ2) is 7.18. The van der Waals surface area contributed by atoms with Crippen molar-refractivity contribution in [3.8, 4) is 11.5 Å². The van der Waals surface area contributed by atoms with Crippen molar-refractivity contribution >= 4 is 29.3 Å². The number of ether oxygens (including phenoxy) is 2. The van der Waals surface area contributed by atoms with E-state index in [0.29, 0.717) is 23.7 Å². The van der Waals surface area contributed by atoms with Gasteiger partial charge in [-0.2, -0.15) is 0 Å². The van der Waals surface area contributed by atoms with Crippen LogP contribution in [0.15, 0.2) is 41.3 Å². The van der Waals surface area contributed by atoms with Crippen LogP contribution < -0.4 is 14.8 Å². The fourth-order valence-corrected chi connectivity index (χ4v) is 4.39. The number of methoxy groups -OCH3 is 2. The van der Waals surface area contributed by atoms with Crippen LogP contribution in [0.3, 0.4) is 0 Å². The van der Waals surface area contributed by atoms with Crippen molar-refractivity contribution in [2.45, 2.75) is 29.5 Å². The monoisotopic (exact) mass is 377 g/mol. The van der Waals surface area contributed by atoms with E-state index >= 15 is 0 Å². The molecule has 3 rings (SSSR count). The molecule has 0 saturated heterocycles. The Kier molecular flexibility index (Phi) is 5.16. The molecule has 1 amide bonds. The van der Waals surface area contributed by atoms with E-state index < -0.39 is 4.75 Å². The lowest BCUT2D eigenvalue weighted by Gasteiger charge is -2.22. The van der Waals surface area contributed by atoms with Gasteiger partial charge in [0.25, 0.3) is 0 Å². The molecule has 1 aliphatic heterocycles. The van der Waals surface area contributed by atoms with Crippen molar-refractivity contribution in [3.63, 3.8) is 0 Å². The molecule has 0 aliphatic carbocycles. The molecule has 0 spiro atoms. The van der Waals surface area contributed by atoms with Crippen LogP contribution in [0.25, 0.3) is 0 Å². The van der Waals surface area contributed by atoms with Crippen LogP contribution >= 0.6 is 23.4 Å². The Hall–Kier alpha value is -1.85. The number of carbonyl (C=O) groups is 1. The first-order chi connectivity index (χ1) is 11.9. The van der Waals surface area contributed by atoms with Gasteiger partial charge < -0.3 is 14.8 Å². The lowest BCUT2D eigenvalue weighted by atomic mass is 10.00. The summed E-state index contributed by atoms with van der Waals surface area (Å²) in [6.45, 7) is 2.37. The average molecular weight is 378 g/mol. The zero-order chi connectivity index (χ0) is 18.0. The predicted molar refractivity (Wildman–Crippen MR) is 101 cm³/mol. The first-order valence-corrected chi connectivity index (χ1v) is 9.11. The Morgan fingerprint density at radius 2 is 2.04 bits per heavy atom. The van der Waals surface area contributed by atoms with E-state index in [0.717, 1.165) is 21.8 Å². The minimum atomic E-state index is -0.535. The normalized spacial score (nSPS) is 18.6. The molecule has 0 radical (unpaired) electrons. The van der Waals surface area contributed by atoms with Crippen molar-refractivity contribution in [2.75, 3.05) is 14.2 Å². The number of thioether (sulfide) groups is 1. The number of hydrogen-bond acceptors (Lipinski definition) is 4. The first-order valence-electron chi connectivity index (χ1n) is 7.92. The highest BCUT2D eigenvalue weighted by molar-refractivity contribution is 8.01. The van der Waals surface area contributed by atoms with Gasteiger partial charge in [-0.1, -0.05) is 11.6 Å². The van der Waals surface area contributed by atoms with Gasteiger partial charge in [0, 0.05) is 28.1 Å². The maximum atomic E-state index is 12.8. The van der Waals surface area contributed by atoms with Gasteiger partial charge in [0.15, 0.2) is 0 Å². The van der Waals surface area contributed by atoms with E-state index in [2.05, 4.69) is 5.32 Å². The van der Waals surface area contributed by atoms with Gasteiger partial charge in [-0.3, -0.25) is 4.79 Å².